The Kier molecular flexibility index (Phi) is 4.08. The zero-order chi connectivity index (χ0) is 14.8. The number of likely N-dealkylation sites (tertiary alicyclic amines) is 1. The Morgan fingerprint density at radius 2 is 2.09 bits per heavy atom. The third kappa shape index (κ3) is 3.15. The van der Waals surface area contributed by atoms with Crippen molar-refractivity contribution in [3.63, 3.8) is 0 Å². The van der Waals surface area contributed by atoms with Crippen LogP contribution in [0.15, 0.2) is 30.7 Å². The number of rotatable bonds is 5. The van der Waals surface area contributed by atoms with Gasteiger partial charge in [-0.25, -0.2) is 4.98 Å². The predicted octanol–water partition coefficient (Wildman–Crippen LogP) is 3.46. The van der Waals surface area contributed by atoms with E-state index in [1.165, 1.54) is 29.1 Å². The summed E-state index contributed by atoms with van der Waals surface area (Å²) in [4.78, 5) is 12.5. The standard InChI is InChI=1S/C17H21N3OS/c1-2-13(3-1)17-19-10-16(22-17)12-20-9-6-15(11-20)21-14-4-7-18-8-5-14/h4-5,7-8,10,13,15H,1-3,6,9,11-12H2/t15-/m1/s1. The van der Waals surface area contributed by atoms with Gasteiger partial charge in [0.1, 0.15) is 11.9 Å². The van der Waals surface area contributed by atoms with Gasteiger partial charge in [0.2, 0.25) is 0 Å². The zero-order valence-electron chi connectivity index (χ0n) is 12.6. The van der Waals surface area contributed by atoms with Crippen LogP contribution in [0.25, 0.3) is 0 Å². The smallest absolute Gasteiger partial charge is 0.122 e. The number of nitrogens with zero attached hydrogens (tertiary/aromatic N) is 3. The maximum atomic E-state index is 6.02. The first-order valence-corrected chi connectivity index (χ1v) is 8.92. The van der Waals surface area contributed by atoms with Gasteiger partial charge < -0.3 is 4.74 Å². The summed E-state index contributed by atoms with van der Waals surface area (Å²) in [6, 6.07) is 3.85. The molecule has 22 heavy (non-hydrogen) atoms. The summed E-state index contributed by atoms with van der Waals surface area (Å²) in [5.41, 5.74) is 0. The summed E-state index contributed by atoms with van der Waals surface area (Å²) in [5, 5.41) is 1.35. The fraction of sp³-hybridized carbons (Fsp3) is 0.529. The molecule has 2 fully saturated rings. The maximum Gasteiger partial charge on any atom is 0.122 e. The number of aromatic nitrogens is 2. The van der Waals surface area contributed by atoms with Crippen LogP contribution in [0.5, 0.6) is 5.75 Å². The molecule has 1 saturated heterocycles. The monoisotopic (exact) mass is 315 g/mol. The van der Waals surface area contributed by atoms with Gasteiger partial charge in [0, 0.05) is 49.0 Å². The highest BCUT2D eigenvalue weighted by Gasteiger charge is 2.26. The van der Waals surface area contributed by atoms with E-state index in [-0.39, 0.29) is 0 Å². The minimum absolute atomic E-state index is 0.293. The van der Waals surface area contributed by atoms with E-state index < -0.39 is 0 Å². The lowest BCUT2D eigenvalue weighted by Crippen LogP contribution is -2.24. The first-order valence-electron chi connectivity index (χ1n) is 8.10. The molecule has 1 saturated carbocycles. The van der Waals surface area contributed by atoms with Crippen LogP contribution < -0.4 is 4.74 Å². The van der Waals surface area contributed by atoms with Crippen molar-refractivity contribution >= 4 is 11.3 Å². The second-order valence-corrected chi connectivity index (χ2v) is 7.39. The Balaban J connectivity index is 1.30. The summed E-state index contributed by atoms with van der Waals surface area (Å²) in [6.07, 6.45) is 11.1. The van der Waals surface area contributed by atoms with Gasteiger partial charge in [0.05, 0.1) is 5.01 Å². The fourth-order valence-electron chi connectivity index (χ4n) is 3.11. The lowest BCUT2D eigenvalue weighted by molar-refractivity contribution is 0.198. The molecule has 1 aliphatic carbocycles. The second kappa shape index (κ2) is 6.34. The Labute approximate surface area is 135 Å². The average Bonchev–Trinajstić information content (AvgIpc) is 3.09. The van der Waals surface area contributed by atoms with Crippen molar-refractivity contribution in [3.8, 4) is 5.75 Å². The fourth-order valence-corrected chi connectivity index (χ4v) is 4.24. The van der Waals surface area contributed by atoms with Gasteiger partial charge in [-0.3, -0.25) is 9.88 Å². The highest BCUT2D eigenvalue weighted by Crippen LogP contribution is 2.38. The van der Waals surface area contributed by atoms with Crippen molar-refractivity contribution in [1.29, 1.82) is 0 Å². The summed E-state index contributed by atoms with van der Waals surface area (Å²) in [6.45, 7) is 3.12. The van der Waals surface area contributed by atoms with E-state index in [1.807, 2.05) is 23.5 Å². The number of hydrogen-bond donors (Lipinski definition) is 0. The van der Waals surface area contributed by atoms with Gasteiger partial charge in [0.15, 0.2) is 0 Å². The van der Waals surface area contributed by atoms with Gasteiger partial charge >= 0.3 is 0 Å². The Bertz CT molecular complexity index is 611. The molecule has 0 spiro atoms. The SMILES string of the molecule is c1cc(O[C@@H]2CCN(Cc3cnc(C4CCC4)s3)C2)ccn1. The quantitative estimate of drug-likeness (QED) is 0.847. The van der Waals surface area contributed by atoms with Crippen LogP contribution >= 0.6 is 11.3 Å². The molecule has 0 bridgehead atoms. The van der Waals surface area contributed by atoms with Crippen LogP contribution in [-0.4, -0.2) is 34.1 Å². The molecule has 2 aromatic heterocycles. The second-order valence-electron chi connectivity index (χ2n) is 6.24. The van der Waals surface area contributed by atoms with Crippen molar-refractivity contribution in [2.24, 2.45) is 0 Å². The van der Waals surface area contributed by atoms with Crippen LogP contribution in [0.4, 0.5) is 0 Å². The molecule has 1 atom stereocenters. The maximum absolute atomic E-state index is 6.02. The van der Waals surface area contributed by atoms with E-state index in [4.69, 9.17) is 4.74 Å². The Morgan fingerprint density at radius 1 is 1.23 bits per heavy atom. The van der Waals surface area contributed by atoms with E-state index in [0.29, 0.717) is 6.10 Å². The summed E-state index contributed by atoms with van der Waals surface area (Å²) in [7, 11) is 0. The first kappa shape index (κ1) is 14.2. The van der Waals surface area contributed by atoms with Crippen LogP contribution in [0.1, 0.15) is 41.5 Å². The molecule has 3 heterocycles. The van der Waals surface area contributed by atoms with Gasteiger partial charge in [-0.15, -0.1) is 11.3 Å². The van der Waals surface area contributed by atoms with Crippen LogP contribution in [0.3, 0.4) is 0 Å². The molecule has 2 aromatic rings. The van der Waals surface area contributed by atoms with Crippen molar-refractivity contribution in [2.75, 3.05) is 13.1 Å². The highest BCUT2D eigenvalue weighted by molar-refractivity contribution is 7.11. The van der Waals surface area contributed by atoms with E-state index in [1.54, 1.807) is 12.4 Å². The van der Waals surface area contributed by atoms with Crippen molar-refractivity contribution in [1.82, 2.24) is 14.9 Å². The van der Waals surface area contributed by atoms with E-state index in [2.05, 4.69) is 21.1 Å². The number of ether oxygens (including phenoxy) is 1. The molecule has 4 rings (SSSR count). The number of hydrogen-bond acceptors (Lipinski definition) is 5. The molecule has 0 aromatic carbocycles. The lowest BCUT2D eigenvalue weighted by atomic mass is 9.86. The lowest BCUT2D eigenvalue weighted by Gasteiger charge is -2.22. The minimum Gasteiger partial charge on any atom is -0.489 e. The van der Waals surface area contributed by atoms with Crippen molar-refractivity contribution in [3.05, 3.63) is 40.6 Å². The summed E-state index contributed by atoms with van der Waals surface area (Å²) in [5.74, 6) is 1.67. The highest BCUT2D eigenvalue weighted by atomic mass is 32.1. The molecule has 0 N–H and O–H groups in total. The number of pyridine rings is 1. The topological polar surface area (TPSA) is 38.2 Å². The van der Waals surface area contributed by atoms with Crippen molar-refractivity contribution in [2.45, 2.75) is 44.2 Å². The van der Waals surface area contributed by atoms with Gasteiger partial charge in [-0.1, -0.05) is 6.42 Å². The molecule has 4 nitrogen and oxygen atoms in total. The molecule has 116 valence electrons. The molecule has 2 aliphatic rings. The molecule has 0 radical (unpaired) electrons. The third-order valence-electron chi connectivity index (χ3n) is 4.59. The largest absolute Gasteiger partial charge is 0.489 e. The van der Waals surface area contributed by atoms with Gasteiger partial charge in [-0.2, -0.15) is 0 Å². The zero-order valence-corrected chi connectivity index (χ0v) is 13.5. The Morgan fingerprint density at radius 3 is 2.86 bits per heavy atom. The van der Waals surface area contributed by atoms with E-state index >= 15 is 0 Å². The normalized spacial score (nSPS) is 22.6. The summed E-state index contributed by atoms with van der Waals surface area (Å²) < 4.78 is 6.02. The molecular formula is C17H21N3OS. The molecule has 0 unspecified atom stereocenters. The first-order chi connectivity index (χ1) is 10.9. The molecule has 0 amide bonds. The average molecular weight is 315 g/mol. The third-order valence-corrected chi connectivity index (χ3v) is 5.73. The summed E-state index contributed by atoms with van der Waals surface area (Å²) >= 11 is 1.91. The van der Waals surface area contributed by atoms with Crippen LogP contribution in [0, 0.1) is 0 Å². The Hall–Kier alpha value is -1.46. The minimum atomic E-state index is 0.293. The van der Waals surface area contributed by atoms with E-state index in [9.17, 15) is 0 Å². The van der Waals surface area contributed by atoms with Crippen LogP contribution in [0.2, 0.25) is 0 Å². The number of thiazole rings is 1. The van der Waals surface area contributed by atoms with E-state index in [0.717, 1.165) is 37.7 Å². The van der Waals surface area contributed by atoms with Gasteiger partial charge in [-0.05, 0) is 31.4 Å². The van der Waals surface area contributed by atoms with Crippen molar-refractivity contribution < 1.29 is 4.74 Å². The predicted molar refractivity (Wildman–Crippen MR) is 87.3 cm³/mol. The van der Waals surface area contributed by atoms with Crippen LogP contribution in [-0.2, 0) is 6.54 Å². The molecule has 1 aliphatic heterocycles. The molecule has 5 heteroatoms. The van der Waals surface area contributed by atoms with Gasteiger partial charge in [0.25, 0.3) is 0 Å². The molecular weight excluding hydrogens is 294 g/mol.